The van der Waals surface area contributed by atoms with Crippen molar-refractivity contribution in [3.63, 3.8) is 0 Å². The first kappa shape index (κ1) is 12.6. The van der Waals surface area contributed by atoms with Gasteiger partial charge in [0.1, 0.15) is 22.9 Å². The first-order valence-corrected chi connectivity index (χ1v) is 6.15. The summed E-state index contributed by atoms with van der Waals surface area (Å²) in [5, 5.41) is 9.66. The van der Waals surface area contributed by atoms with Crippen LogP contribution in [0.3, 0.4) is 0 Å². The molecule has 102 valence electrons. The Morgan fingerprint density at radius 2 is 2.00 bits per heavy atom. The monoisotopic (exact) mass is 275 g/mol. The van der Waals surface area contributed by atoms with Crippen molar-refractivity contribution in [1.29, 1.82) is 0 Å². The summed E-state index contributed by atoms with van der Waals surface area (Å²) in [5.41, 5.74) is 0.873. The number of hydrogen-bond donors (Lipinski definition) is 1. The van der Waals surface area contributed by atoms with Gasteiger partial charge < -0.3 is 10.0 Å². The van der Waals surface area contributed by atoms with E-state index < -0.39 is 23.3 Å². The molecule has 3 nitrogen and oxygen atoms in total. The van der Waals surface area contributed by atoms with Gasteiger partial charge in [-0.1, -0.05) is 12.1 Å². The Balaban J connectivity index is 2.04. The van der Waals surface area contributed by atoms with Gasteiger partial charge in [-0.2, -0.15) is 0 Å². The van der Waals surface area contributed by atoms with Gasteiger partial charge in [0, 0.05) is 6.54 Å². The highest BCUT2D eigenvalue weighted by Gasteiger charge is 2.29. The zero-order valence-electron chi connectivity index (χ0n) is 10.4. The van der Waals surface area contributed by atoms with Crippen LogP contribution in [-0.4, -0.2) is 17.6 Å². The van der Waals surface area contributed by atoms with E-state index in [2.05, 4.69) is 0 Å². The van der Waals surface area contributed by atoms with Crippen LogP contribution in [0.15, 0.2) is 36.4 Å². The number of anilines is 1. The Morgan fingerprint density at radius 3 is 2.75 bits per heavy atom. The number of halogens is 2. The van der Waals surface area contributed by atoms with Crippen LogP contribution in [0, 0.1) is 11.6 Å². The molecule has 1 aliphatic rings. The molecule has 5 heteroatoms. The zero-order chi connectivity index (χ0) is 14.3. The minimum absolute atomic E-state index is 0.339. The van der Waals surface area contributed by atoms with Crippen LogP contribution in [-0.2, 0) is 6.42 Å². The van der Waals surface area contributed by atoms with Gasteiger partial charge in [0.15, 0.2) is 0 Å². The highest BCUT2D eigenvalue weighted by Crippen LogP contribution is 2.32. The number of aromatic hydroxyl groups is 1. The molecule has 1 heterocycles. The minimum atomic E-state index is -0.792. The average molecular weight is 275 g/mol. The van der Waals surface area contributed by atoms with Gasteiger partial charge in [0.2, 0.25) is 0 Å². The molecule has 0 bridgehead atoms. The van der Waals surface area contributed by atoms with Gasteiger partial charge in [-0.05, 0) is 36.2 Å². The number of amides is 1. The van der Waals surface area contributed by atoms with Crippen molar-refractivity contribution in [2.75, 3.05) is 11.4 Å². The third-order valence-electron chi connectivity index (χ3n) is 3.39. The molecule has 0 aromatic heterocycles. The molecular formula is C15H11F2NO2. The van der Waals surface area contributed by atoms with Crippen molar-refractivity contribution in [3.05, 3.63) is 59.2 Å². The van der Waals surface area contributed by atoms with Crippen LogP contribution in [0.2, 0.25) is 0 Å². The molecule has 1 aliphatic heterocycles. The zero-order valence-corrected chi connectivity index (χ0v) is 10.4. The molecule has 2 aromatic rings. The molecule has 1 N–H and O–H groups in total. The second-order valence-electron chi connectivity index (χ2n) is 4.61. The van der Waals surface area contributed by atoms with E-state index in [1.807, 2.05) is 0 Å². The molecule has 3 rings (SSSR count). The highest BCUT2D eigenvalue weighted by molar-refractivity contribution is 6.09. The summed E-state index contributed by atoms with van der Waals surface area (Å²) in [6.07, 6.45) is 0.580. The maximum atomic E-state index is 13.7. The van der Waals surface area contributed by atoms with Crippen molar-refractivity contribution in [2.24, 2.45) is 0 Å². The quantitative estimate of drug-likeness (QED) is 0.869. The fraction of sp³-hybridized carbons (Fsp3) is 0.133. The van der Waals surface area contributed by atoms with E-state index in [0.717, 1.165) is 11.6 Å². The SMILES string of the molecule is O=C(c1c(O)cccc1F)N1CCc2ccc(F)cc21. The Hall–Kier alpha value is -2.43. The summed E-state index contributed by atoms with van der Waals surface area (Å²) in [4.78, 5) is 13.7. The third kappa shape index (κ3) is 1.91. The van der Waals surface area contributed by atoms with E-state index in [-0.39, 0.29) is 5.56 Å². The topological polar surface area (TPSA) is 40.5 Å². The Morgan fingerprint density at radius 1 is 1.20 bits per heavy atom. The number of carbonyl (C=O) groups is 1. The summed E-state index contributed by atoms with van der Waals surface area (Å²) in [6.45, 7) is 0.339. The standard InChI is InChI=1S/C15H11F2NO2/c16-10-5-4-9-6-7-18(12(9)8-10)15(20)14-11(17)2-1-3-13(14)19/h1-5,8,19H,6-7H2. The molecule has 20 heavy (non-hydrogen) atoms. The van der Waals surface area contributed by atoms with Crippen molar-refractivity contribution in [2.45, 2.75) is 6.42 Å². The highest BCUT2D eigenvalue weighted by atomic mass is 19.1. The predicted octanol–water partition coefficient (Wildman–Crippen LogP) is 2.87. The van der Waals surface area contributed by atoms with E-state index in [0.29, 0.717) is 18.7 Å². The second-order valence-corrected chi connectivity index (χ2v) is 4.61. The molecule has 0 fully saturated rings. The number of phenolic OH excluding ortho intramolecular Hbond substituents is 1. The van der Waals surface area contributed by atoms with Crippen LogP contribution < -0.4 is 4.90 Å². The molecule has 1 amide bonds. The van der Waals surface area contributed by atoms with Crippen molar-refractivity contribution in [3.8, 4) is 5.75 Å². The first-order valence-electron chi connectivity index (χ1n) is 6.15. The van der Waals surface area contributed by atoms with E-state index in [1.54, 1.807) is 6.07 Å². The van der Waals surface area contributed by atoms with Gasteiger partial charge >= 0.3 is 0 Å². The van der Waals surface area contributed by atoms with Crippen LogP contribution in [0.1, 0.15) is 15.9 Å². The maximum absolute atomic E-state index is 13.7. The van der Waals surface area contributed by atoms with Gasteiger partial charge in [-0.3, -0.25) is 4.79 Å². The number of fused-ring (bicyclic) bond motifs is 1. The van der Waals surface area contributed by atoms with Crippen molar-refractivity contribution < 1.29 is 18.7 Å². The Labute approximate surface area is 114 Å². The van der Waals surface area contributed by atoms with Crippen LogP contribution in [0.25, 0.3) is 0 Å². The van der Waals surface area contributed by atoms with E-state index in [9.17, 15) is 18.7 Å². The molecule has 0 aliphatic carbocycles. The molecule has 0 spiro atoms. The third-order valence-corrected chi connectivity index (χ3v) is 3.39. The predicted molar refractivity (Wildman–Crippen MR) is 69.8 cm³/mol. The number of phenols is 1. The number of carbonyl (C=O) groups excluding carboxylic acids is 1. The van der Waals surface area contributed by atoms with E-state index >= 15 is 0 Å². The summed E-state index contributed by atoms with van der Waals surface area (Å²) >= 11 is 0. The van der Waals surface area contributed by atoms with Gasteiger partial charge in [0.25, 0.3) is 5.91 Å². The van der Waals surface area contributed by atoms with Gasteiger partial charge in [-0.25, -0.2) is 8.78 Å². The summed E-state index contributed by atoms with van der Waals surface area (Å²) in [6, 6.07) is 7.86. The average Bonchev–Trinajstić information content (AvgIpc) is 2.81. The Bertz CT molecular complexity index is 680. The van der Waals surface area contributed by atoms with Gasteiger partial charge in [0.05, 0.1) is 5.69 Å². The lowest BCUT2D eigenvalue weighted by Gasteiger charge is -2.18. The van der Waals surface area contributed by atoms with Crippen LogP contribution >= 0.6 is 0 Å². The largest absolute Gasteiger partial charge is 0.507 e. The molecular weight excluding hydrogens is 264 g/mol. The first-order chi connectivity index (χ1) is 9.58. The molecule has 0 saturated heterocycles. The van der Waals surface area contributed by atoms with E-state index in [4.69, 9.17) is 0 Å². The minimum Gasteiger partial charge on any atom is -0.507 e. The number of nitrogens with zero attached hydrogens (tertiary/aromatic N) is 1. The smallest absolute Gasteiger partial charge is 0.265 e. The lowest BCUT2D eigenvalue weighted by Crippen LogP contribution is -2.29. The molecule has 0 saturated carbocycles. The number of benzene rings is 2. The molecule has 0 unspecified atom stereocenters. The van der Waals surface area contributed by atoms with Crippen molar-refractivity contribution >= 4 is 11.6 Å². The number of hydrogen-bond acceptors (Lipinski definition) is 2. The second kappa shape index (κ2) is 4.59. The molecule has 0 radical (unpaired) electrons. The normalized spacial score (nSPS) is 13.4. The van der Waals surface area contributed by atoms with Gasteiger partial charge in [-0.15, -0.1) is 0 Å². The fourth-order valence-corrected chi connectivity index (χ4v) is 2.42. The summed E-state index contributed by atoms with van der Waals surface area (Å²) in [5.74, 6) is -2.33. The molecule has 2 aromatic carbocycles. The van der Waals surface area contributed by atoms with E-state index in [1.165, 1.54) is 29.2 Å². The van der Waals surface area contributed by atoms with Crippen molar-refractivity contribution in [1.82, 2.24) is 0 Å². The lowest BCUT2D eigenvalue weighted by atomic mass is 10.1. The summed E-state index contributed by atoms with van der Waals surface area (Å²) in [7, 11) is 0. The molecule has 0 atom stereocenters. The maximum Gasteiger partial charge on any atom is 0.265 e. The number of rotatable bonds is 1. The Kier molecular flexibility index (Phi) is 2.89. The lowest BCUT2D eigenvalue weighted by molar-refractivity contribution is 0.0982. The summed E-state index contributed by atoms with van der Waals surface area (Å²) < 4.78 is 27.0. The fourth-order valence-electron chi connectivity index (χ4n) is 2.42. The van der Waals surface area contributed by atoms with Crippen LogP contribution in [0.5, 0.6) is 5.75 Å². The van der Waals surface area contributed by atoms with Crippen LogP contribution in [0.4, 0.5) is 14.5 Å².